The third-order valence-electron chi connectivity index (χ3n) is 4.04. The van der Waals surface area contributed by atoms with Crippen LogP contribution in [-0.2, 0) is 4.74 Å². The largest absolute Gasteiger partial charge is 0.384 e. The molecule has 1 aliphatic heterocycles. The summed E-state index contributed by atoms with van der Waals surface area (Å²) in [6.45, 7) is 5.30. The molecule has 0 aliphatic carbocycles. The second-order valence-corrected chi connectivity index (χ2v) is 6.80. The van der Waals surface area contributed by atoms with Gasteiger partial charge in [0.25, 0.3) is 5.91 Å². The predicted octanol–water partition coefficient (Wildman–Crippen LogP) is 2.93. The molecule has 0 radical (unpaired) electrons. The molecular formula is C16H24BrClN2O2. The number of hydrogen-bond acceptors (Lipinski definition) is 3. The molecule has 0 aromatic heterocycles. The summed E-state index contributed by atoms with van der Waals surface area (Å²) in [4.78, 5) is 12.3. The van der Waals surface area contributed by atoms with Crippen LogP contribution in [0.2, 0.25) is 0 Å². The first kappa shape index (κ1) is 19.4. The van der Waals surface area contributed by atoms with Crippen LogP contribution in [0.25, 0.3) is 0 Å². The molecule has 2 N–H and O–H groups in total. The molecule has 2 rings (SSSR count). The second-order valence-electron chi connectivity index (χ2n) is 5.88. The van der Waals surface area contributed by atoms with Gasteiger partial charge in [-0.15, -0.1) is 12.4 Å². The molecule has 4 nitrogen and oxygen atoms in total. The van der Waals surface area contributed by atoms with E-state index in [0.29, 0.717) is 18.7 Å². The van der Waals surface area contributed by atoms with E-state index in [-0.39, 0.29) is 23.7 Å². The number of ether oxygens (including phenoxy) is 1. The molecule has 0 unspecified atom stereocenters. The predicted molar refractivity (Wildman–Crippen MR) is 94.9 cm³/mol. The van der Waals surface area contributed by atoms with Crippen molar-refractivity contribution in [1.82, 2.24) is 10.6 Å². The molecular weight excluding hydrogens is 368 g/mol. The summed E-state index contributed by atoms with van der Waals surface area (Å²) in [5, 5.41) is 6.44. The Kier molecular flexibility index (Phi) is 7.83. The summed E-state index contributed by atoms with van der Waals surface area (Å²) < 4.78 is 6.31. The number of benzene rings is 1. The molecule has 1 aromatic carbocycles. The number of aryl methyl sites for hydroxylation is 1. The van der Waals surface area contributed by atoms with Gasteiger partial charge in [0.2, 0.25) is 0 Å². The Morgan fingerprint density at radius 1 is 1.36 bits per heavy atom. The molecule has 0 atom stereocenters. The summed E-state index contributed by atoms with van der Waals surface area (Å²) in [5.41, 5.74) is 1.82. The van der Waals surface area contributed by atoms with Gasteiger partial charge in [-0.3, -0.25) is 4.79 Å². The molecule has 1 fully saturated rings. The van der Waals surface area contributed by atoms with Crippen LogP contribution < -0.4 is 10.6 Å². The Labute approximate surface area is 146 Å². The van der Waals surface area contributed by atoms with Gasteiger partial charge in [0.15, 0.2) is 0 Å². The van der Waals surface area contributed by atoms with E-state index in [1.165, 1.54) is 0 Å². The molecule has 124 valence electrons. The van der Waals surface area contributed by atoms with Gasteiger partial charge in [0, 0.05) is 29.1 Å². The number of hydrogen-bond donors (Lipinski definition) is 2. The Balaban J connectivity index is 0.00000242. The zero-order valence-corrected chi connectivity index (χ0v) is 15.5. The fraction of sp³-hybridized carbons (Fsp3) is 0.562. The van der Waals surface area contributed by atoms with Crippen molar-refractivity contribution in [2.45, 2.75) is 19.8 Å². The van der Waals surface area contributed by atoms with Crippen molar-refractivity contribution >= 4 is 34.2 Å². The van der Waals surface area contributed by atoms with E-state index in [1.807, 2.05) is 25.1 Å². The van der Waals surface area contributed by atoms with Crippen molar-refractivity contribution in [3.05, 3.63) is 33.8 Å². The zero-order chi connectivity index (χ0) is 15.3. The summed E-state index contributed by atoms with van der Waals surface area (Å²) >= 11 is 3.44. The Morgan fingerprint density at radius 3 is 2.64 bits per heavy atom. The maximum absolute atomic E-state index is 12.3. The second kappa shape index (κ2) is 8.87. The van der Waals surface area contributed by atoms with E-state index < -0.39 is 0 Å². The van der Waals surface area contributed by atoms with Crippen molar-refractivity contribution in [3.63, 3.8) is 0 Å². The van der Waals surface area contributed by atoms with Crippen molar-refractivity contribution in [2.24, 2.45) is 5.41 Å². The number of piperidine rings is 1. The molecule has 1 aliphatic rings. The fourth-order valence-electron chi connectivity index (χ4n) is 2.87. The lowest BCUT2D eigenvalue weighted by Gasteiger charge is -2.37. The van der Waals surface area contributed by atoms with Crippen molar-refractivity contribution in [1.29, 1.82) is 0 Å². The Hall–Kier alpha value is -0.620. The van der Waals surface area contributed by atoms with Gasteiger partial charge in [-0.1, -0.05) is 15.9 Å². The molecule has 1 saturated heterocycles. The molecule has 0 bridgehead atoms. The first-order valence-corrected chi connectivity index (χ1v) is 8.09. The topological polar surface area (TPSA) is 50.4 Å². The standard InChI is InChI=1S/C16H23BrN2O2.ClH/c1-12-7-13(9-14(17)8-12)15(20)19-10-16(11-21-2)3-5-18-6-4-16;/h7-9,18H,3-6,10-11H2,1-2H3,(H,19,20);1H. The van der Waals surface area contributed by atoms with Gasteiger partial charge in [0.05, 0.1) is 6.61 Å². The summed E-state index contributed by atoms with van der Waals surface area (Å²) in [6, 6.07) is 5.76. The minimum absolute atomic E-state index is 0. The van der Waals surface area contributed by atoms with Gasteiger partial charge >= 0.3 is 0 Å². The van der Waals surface area contributed by atoms with E-state index in [1.54, 1.807) is 7.11 Å². The van der Waals surface area contributed by atoms with E-state index in [0.717, 1.165) is 36.0 Å². The molecule has 1 heterocycles. The van der Waals surface area contributed by atoms with Crippen LogP contribution in [0, 0.1) is 12.3 Å². The lowest BCUT2D eigenvalue weighted by molar-refractivity contribution is 0.0511. The molecule has 1 aromatic rings. The summed E-state index contributed by atoms with van der Waals surface area (Å²) in [6.07, 6.45) is 2.05. The minimum atomic E-state index is -0.0200. The van der Waals surface area contributed by atoms with Crippen molar-refractivity contribution < 1.29 is 9.53 Å². The molecule has 6 heteroatoms. The van der Waals surface area contributed by atoms with Crippen LogP contribution in [0.3, 0.4) is 0 Å². The SMILES string of the molecule is COCC1(CNC(=O)c2cc(C)cc(Br)c2)CCNCC1.Cl. The fourth-order valence-corrected chi connectivity index (χ4v) is 3.48. The van der Waals surface area contributed by atoms with Crippen molar-refractivity contribution in [3.8, 4) is 0 Å². The Morgan fingerprint density at radius 2 is 2.05 bits per heavy atom. The van der Waals surface area contributed by atoms with Gasteiger partial charge < -0.3 is 15.4 Å². The first-order valence-electron chi connectivity index (χ1n) is 7.30. The van der Waals surface area contributed by atoms with E-state index in [9.17, 15) is 4.79 Å². The van der Waals surface area contributed by atoms with Gasteiger partial charge in [0.1, 0.15) is 0 Å². The first-order chi connectivity index (χ1) is 10.0. The molecule has 22 heavy (non-hydrogen) atoms. The lowest BCUT2D eigenvalue weighted by atomic mass is 9.79. The lowest BCUT2D eigenvalue weighted by Crippen LogP contribution is -2.47. The summed E-state index contributed by atoms with van der Waals surface area (Å²) in [7, 11) is 1.73. The highest BCUT2D eigenvalue weighted by atomic mass is 79.9. The third-order valence-corrected chi connectivity index (χ3v) is 4.50. The smallest absolute Gasteiger partial charge is 0.251 e. The van der Waals surface area contributed by atoms with Crippen LogP contribution in [-0.4, -0.2) is 39.3 Å². The third kappa shape index (κ3) is 5.23. The summed E-state index contributed by atoms with van der Waals surface area (Å²) in [5.74, 6) is -0.0200. The van der Waals surface area contributed by atoms with E-state index in [4.69, 9.17) is 4.74 Å². The molecule has 0 spiro atoms. The van der Waals surface area contributed by atoms with Crippen molar-refractivity contribution in [2.75, 3.05) is 33.4 Å². The minimum Gasteiger partial charge on any atom is -0.384 e. The number of halogens is 2. The number of amides is 1. The van der Waals surface area contributed by atoms with Gasteiger partial charge in [-0.05, 0) is 56.6 Å². The maximum Gasteiger partial charge on any atom is 0.251 e. The van der Waals surface area contributed by atoms with Crippen LogP contribution >= 0.6 is 28.3 Å². The average molecular weight is 392 g/mol. The number of carbonyl (C=O) groups excluding carboxylic acids is 1. The number of nitrogens with one attached hydrogen (secondary N) is 2. The Bertz CT molecular complexity index is 479. The van der Waals surface area contributed by atoms with E-state index in [2.05, 4.69) is 26.6 Å². The van der Waals surface area contributed by atoms with Gasteiger partial charge in [-0.25, -0.2) is 0 Å². The number of carbonyl (C=O) groups is 1. The molecule has 1 amide bonds. The highest BCUT2D eigenvalue weighted by Gasteiger charge is 2.32. The highest BCUT2D eigenvalue weighted by Crippen LogP contribution is 2.28. The number of methoxy groups -OCH3 is 1. The average Bonchev–Trinajstić information content (AvgIpc) is 2.45. The quantitative estimate of drug-likeness (QED) is 0.811. The van der Waals surface area contributed by atoms with Crippen LogP contribution in [0.15, 0.2) is 22.7 Å². The van der Waals surface area contributed by atoms with E-state index >= 15 is 0 Å². The van der Waals surface area contributed by atoms with Crippen LogP contribution in [0.1, 0.15) is 28.8 Å². The highest BCUT2D eigenvalue weighted by molar-refractivity contribution is 9.10. The zero-order valence-electron chi connectivity index (χ0n) is 13.1. The maximum atomic E-state index is 12.3. The normalized spacial score (nSPS) is 16.7. The number of rotatable bonds is 5. The molecule has 0 saturated carbocycles. The van der Waals surface area contributed by atoms with Gasteiger partial charge in [-0.2, -0.15) is 0 Å². The monoisotopic (exact) mass is 390 g/mol. The van der Waals surface area contributed by atoms with Crippen LogP contribution in [0.5, 0.6) is 0 Å². The van der Waals surface area contributed by atoms with Crippen LogP contribution in [0.4, 0.5) is 0 Å².